The molecular weight excluding hydrogens is 379 g/mol. The van der Waals surface area contributed by atoms with Crippen molar-refractivity contribution in [2.45, 2.75) is 26.3 Å². The van der Waals surface area contributed by atoms with Gasteiger partial charge in [0.2, 0.25) is 5.91 Å². The fraction of sp³-hybridized carbons (Fsp3) is 0.526. The van der Waals surface area contributed by atoms with Crippen LogP contribution in [0, 0.1) is 10.6 Å². The van der Waals surface area contributed by atoms with Crippen LogP contribution in [0.25, 0.3) is 0 Å². The Morgan fingerprint density at radius 1 is 1.25 bits per heavy atom. The molecule has 1 aromatic heterocycles. The van der Waals surface area contributed by atoms with Gasteiger partial charge in [-0.05, 0) is 42.9 Å². The van der Waals surface area contributed by atoms with Crippen LogP contribution in [0.1, 0.15) is 19.2 Å². The summed E-state index contributed by atoms with van der Waals surface area (Å²) in [5.41, 5.74) is 1.05. The number of benzene rings is 1. The van der Waals surface area contributed by atoms with E-state index in [0.717, 1.165) is 57.1 Å². The lowest BCUT2D eigenvalue weighted by Crippen LogP contribution is -2.48. The fourth-order valence-electron chi connectivity index (χ4n) is 3.36. The maximum Gasteiger partial charge on any atom is 0.240 e. The number of nitrogens with zero attached hydrogens (tertiary/aromatic N) is 4. The number of amides is 1. The van der Waals surface area contributed by atoms with E-state index in [-0.39, 0.29) is 18.3 Å². The molecule has 1 amide bonds. The Bertz CT molecular complexity index is 826. The number of anilines is 1. The van der Waals surface area contributed by atoms with Crippen molar-refractivity contribution in [3.8, 4) is 0 Å². The summed E-state index contributed by atoms with van der Waals surface area (Å²) in [6.45, 7) is 7.29. The first-order chi connectivity index (χ1) is 13.6. The monoisotopic (exact) mass is 406 g/mol. The van der Waals surface area contributed by atoms with E-state index in [1.165, 1.54) is 12.1 Å². The summed E-state index contributed by atoms with van der Waals surface area (Å²) < 4.78 is 15.3. The highest BCUT2D eigenvalue weighted by molar-refractivity contribution is 7.71. The number of piperazine rings is 1. The highest BCUT2D eigenvalue weighted by Crippen LogP contribution is 2.16. The zero-order valence-corrected chi connectivity index (χ0v) is 17.0. The third kappa shape index (κ3) is 5.39. The summed E-state index contributed by atoms with van der Waals surface area (Å²) in [5.74, 6) is 0.552. The third-order valence-corrected chi connectivity index (χ3v) is 5.24. The molecule has 2 N–H and O–H groups in total. The minimum absolute atomic E-state index is 0.0557. The lowest BCUT2D eigenvalue weighted by Gasteiger charge is -2.36. The number of carbonyl (C=O) groups excluding carboxylic acids is 1. The summed E-state index contributed by atoms with van der Waals surface area (Å²) in [7, 11) is 0. The van der Waals surface area contributed by atoms with Gasteiger partial charge in [-0.3, -0.25) is 19.4 Å². The van der Waals surface area contributed by atoms with Crippen molar-refractivity contribution in [2.75, 3.05) is 44.2 Å². The normalized spacial score (nSPS) is 15.0. The number of aromatic amines is 1. The van der Waals surface area contributed by atoms with Crippen LogP contribution >= 0.6 is 12.2 Å². The van der Waals surface area contributed by atoms with Crippen LogP contribution in [0.15, 0.2) is 24.3 Å². The van der Waals surface area contributed by atoms with Gasteiger partial charge in [-0.2, -0.15) is 5.10 Å². The Morgan fingerprint density at radius 2 is 1.96 bits per heavy atom. The molecule has 1 aliphatic rings. The van der Waals surface area contributed by atoms with Crippen LogP contribution in [-0.2, 0) is 17.8 Å². The lowest BCUT2D eigenvalue weighted by atomic mass is 10.2. The van der Waals surface area contributed by atoms with Crippen molar-refractivity contribution in [3.05, 3.63) is 40.7 Å². The molecule has 3 rings (SSSR count). The first-order valence-corrected chi connectivity index (χ1v) is 10.1. The second-order valence-electron chi connectivity index (χ2n) is 6.94. The molecule has 1 aliphatic heterocycles. The fourth-order valence-corrected chi connectivity index (χ4v) is 3.58. The molecule has 2 aromatic rings. The topological polar surface area (TPSA) is 69.2 Å². The van der Waals surface area contributed by atoms with Crippen molar-refractivity contribution < 1.29 is 9.18 Å². The van der Waals surface area contributed by atoms with Gasteiger partial charge in [0, 0.05) is 51.4 Å². The van der Waals surface area contributed by atoms with Gasteiger partial charge < -0.3 is 10.2 Å². The Morgan fingerprint density at radius 3 is 2.64 bits per heavy atom. The van der Waals surface area contributed by atoms with Crippen LogP contribution in [0.3, 0.4) is 0 Å². The second kappa shape index (κ2) is 9.79. The predicted molar refractivity (Wildman–Crippen MR) is 109 cm³/mol. The number of halogens is 1. The van der Waals surface area contributed by atoms with Crippen molar-refractivity contribution >= 4 is 23.8 Å². The molecule has 152 valence electrons. The van der Waals surface area contributed by atoms with Gasteiger partial charge in [0.1, 0.15) is 18.2 Å². The summed E-state index contributed by atoms with van der Waals surface area (Å²) in [6.07, 6.45) is 1.74. The second-order valence-corrected chi connectivity index (χ2v) is 7.32. The number of H-pyrrole nitrogens is 1. The van der Waals surface area contributed by atoms with Crippen LogP contribution in [0.4, 0.5) is 10.1 Å². The summed E-state index contributed by atoms with van der Waals surface area (Å²) in [4.78, 5) is 16.8. The van der Waals surface area contributed by atoms with Gasteiger partial charge >= 0.3 is 0 Å². The Balaban J connectivity index is 1.39. The van der Waals surface area contributed by atoms with Crippen molar-refractivity contribution in [3.63, 3.8) is 0 Å². The van der Waals surface area contributed by atoms with Gasteiger partial charge in [-0.1, -0.05) is 6.92 Å². The highest BCUT2D eigenvalue weighted by atomic mass is 32.1. The maximum absolute atomic E-state index is 13.0. The van der Waals surface area contributed by atoms with Crippen molar-refractivity contribution in [1.82, 2.24) is 25.0 Å². The largest absolute Gasteiger partial charge is 0.369 e. The highest BCUT2D eigenvalue weighted by Gasteiger charge is 2.17. The molecule has 0 saturated carbocycles. The Labute approximate surface area is 169 Å². The summed E-state index contributed by atoms with van der Waals surface area (Å²) >= 11 is 5.21. The number of carbonyl (C=O) groups is 1. The van der Waals surface area contributed by atoms with Gasteiger partial charge in [-0.15, -0.1) is 0 Å². The minimum Gasteiger partial charge on any atom is -0.369 e. The third-order valence-electron chi connectivity index (χ3n) is 4.93. The zero-order chi connectivity index (χ0) is 19.9. The predicted octanol–water partition coefficient (Wildman–Crippen LogP) is 1.97. The average molecular weight is 407 g/mol. The number of hydrogen-bond acceptors (Lipinski definition) is 5. The van der Waals surface area contributed by atoms with Gasteiger partial charge in [-0.25, -0.2) is 4.39 Å². The summed E-state index contributed by atoms with van der Waals surface area (Å²) in [5, 5.41) is 9.91. The molecule has 0 radical (unpaired) electrons. The first kappa shape index (κ1) is 20.5. The van der Waals surface area contributed by atoms with E-state index >= 15 is 0 Å². The molecule has 0 spiro atoms. The van der Waals surface area contributed by atoms with Gasteiger partial charge in [0.25, 0.3) is 0 Å². The summed E-state index contributed by atoms with van der Waals surface area (Å²) in [6, 6.07) is 6.63. The van der Waals surface area contributed by atoms with Crippen molar-refractivity contribution in [2.24, 2.45) is 0 Å². The molecule has 0 unspecified atom stereocenters. The molecule has 2 heterocycles. The van der Waals surface area contributed by atoms with E-state index < -0.39 is 0 Å². The smallest absolute Gasteiger partial charge is 0.240 e. The maximum atomic E-state index is 13.0. The lowest BCUT2D eigenvalue weighted by molar-refractivity contribution is -0.121. The van der Waals surface area contributed by atoms with Crippen molar-refractivity contribution in [1.29, 1.82) is 0 Å². The molecule has 0 atom stereocenters. The molecule has 9 heteroatoms. The number of rotatable bonds is 8. The molecule has 0 bridgehead atoms. The molecule has 0 aliphatic carbocycles. The molecule has 1 aromatic carbocycles. The van der Waals surface area contributed by atoms with E-state index in [4.69, 9.17) is 12.2 Å². The number of hydrogen-bond donors (Lipinski definition) is 2. The van der Waals surface area contributed by atoms with Crippen LogP contribution in [0.2, 0.25) is 0 Å². The molecule has 7 nitrogen and oxygen atoms in total. The van der Waals surface area contributed by atoms with E-state index in [9.17, 15) is 9.18 Å². The number of nitrogens with one attached hydrogen (secondary N) is 2. The molecule has 1 saturated heterocycles. The van der Waals surface area contributed by atoms with Crippen LogP contribution in [-0.4, -0.2) is 64.8 Å². The van der Waals surface area contributed by atoms with E-state index in [2.05, 4.69) is 32.2 Å². The number of aromatic nitrogens is 3. The quantitative estimate of drug-likeness (QED) is 0.656. The van der Waals surface area contributed by atoms with Crippen LogP contribution < -0.4 is 10.2 Å². The molecule has 28 heavy (non-hydrogen) atoms. The zero-order valence-electron chi connectivity index (χ0n) is 16.2. The Hall–Kier alpha value is -2.26. The van der Waals surface area contributed by atoms with Crippen LogP contribution in [0.5, 0.6) is 0 Å². The van der Waals surface area contributed by atoms with E-state index in [0.29, 0.717) is 11.3 Å². The minimum atomic E-state index is -0.211. The van der Waals surface area contributed by atoms with E-state index in [1.54, 1.807) is 4.57 Å². The Kier molecular flexibility index (Phi) is 7.16. The van der Waals surface area contributed by atoms with Gasteiger partial charge in [0.15, 0.2) is 4.77 Å². The first-order valence-electron chi connectivity index (χ1n) is 9.70. The average Bonchev–Trinajstić information content (AvgIpc) is 3.03. The van der Waals surface area contributed by atoms with Gasteiger partial charge in [0.05, 0.1) is 0 Å². The number of aryl methyl sites for hydroxylation is 1. The molecule has 1 fully saturated rings. The standard InChI is InChI=1S/C19H27FN6OS/c1-2-3-17-22-23-19(28)26(17)14-18(27)21-8-9-24-10-12-25(13-11-24)16-6-4-15(20)5-7-16/h4-7H,2-3,8-14H2,1H3,(H,21,27)(H,23,28). The SMILES string of the molecule is CCCc1n[nH]c(=S)n1CC(=O)NCCN1CCN(c2ccc(F)cc2)CC1. The molecular formula is C19H27FN6OS. The van der Waals surface area contributed by atoms with E-state index in [1.807, 2.05) is 12.1 Å².